The number of hydrogen-bond donors (Lipinski definition) is 4. The standard InChI is InChI=1S/C28H37N7O2.H2/c1-6-29-26(37)22-16-30-27(31-20-12-10-19-15-21(35(4)5)13-11-18(19)14-20)34-25(22)33-24-9-7-8-23(32-24)28(2,3)17-36;/h7-10,12,14,16,21,36H,6,11,13,15,17H2,1-5H3,(H,29,37)(H2,30,31,32,33,34);1H. The summed E-state index contributed by atoms with van der Waals surface area (Å²) in [5, 5.41) is 19.0. The monoisotopic (exact) mass is 505 g/mol. The van der Waals surface area contributed by atoms with Gasteiger partial charge in [0.15, 0.2) is 0 Å². The van der Waals surface area contributed by atoms with E-state index >= 15 is 0 Å². The van der Waals surface area contributed by atoms with E-state index in [1.54, 1.807) is 6.07 Å². The van der Waals surface area contributed by atoms with Crippen LogP contribution in [0.3, 0.4) is 0 Å². The SMILES string of the molecule is CCNC(=O)c1cnc(Nc2ccc3c(c2)CCC(N(C)C)C3)nc1Nc1cccc(C(C)(C)CO)n1.[HH]. The number of fused-ring (bicyclic) bond motifs is 1. The molecule has 0 spiro atoms. The van der Waals surface area contributed by atoms with Crippen molar-refractivity contribution in [3.8, 4) is 0 Å². The van der Waals surface area contributed by atoms with Gasteiger partial charge in [-0.15, -0.1) is 0 Å². The summed E-state index contributed by atoms with van der Waals surface area (Å²) in [6.07, 6.45) is 4.73. The van der Waals surface area contributed by atoms with Crippen molar-refractivity contribution in [2.75, 3.05) is 37.9 Å². The largest absolute Gasteiger partial charge is 0.395 e. The summed E-state index contributed by atoms with van der Waals surface area (Å²) >= 11 is 0. The summed E-state index contributed by atoms with van der Waals surface area (Å²) in [5.41, 5.74) is 4.18. The number of carbonyl (C=O) groups is 1. The molecule has 1 aromatic carbocycles. The summed E-state index contributed by atoms with van der Waals surface area (Å²) in [5.74, 6) is 0.983. The van der Waals surface area contributed by atoms with Crippen LogP contribution in [0, 0.1) is 0 Å². The number of aryl methyl sites for hydroxylation is 1. The van der Waals surface area contributed by atoms with E-state index in [0.717, 1.165) is 30.6 Å². The molecule has 198 valence electrons. The molecule has 1 aliphatic carbocycles. The second kappa shape index (κ2) is 11.2. The van der Waals surface area contributed by atoms with Crippen molar-refractivity contribution >= 4 is 29.2 Å². The van der Waals surface area contributed by atoms with Crippen LogP contribution in [0.5, 0.6) is 0 Å². The van der Waals surface area contributed by atoms with Gasteiger partial charge in [0.25, 0.3) is 5.91 Å². The molecule has 1 unspecified atom stereocenters. The fraction of sp³-hybridized carbons (Fsp3) is 0.429. The van der Waals surface area contributed by atoms with Crippen molar-refractivity contribution in [2.45, 2.75) is 51.5 Å². The lowest BCUT2D eigenvalue weighted by atomic mass is 9.87. The highest BCUT2D eigenvalue weighted by atomic mass is 16.3. The maximum Gasteiger partial charge on any atom is 0.256 e. The molecule has 37 heavy (non-hydrogen) atoms. The molecular formula is C28H39N7O2. The van der Waals surface area contributed by atoms with E-state index in [4.69, 9.17) is 0 Å². The minimum absolute atomic E-state index is 0. The number of anilines is 4. The number of carbonyl (C=O) groups excluding carboxylic acids is 1. The molecule has 4 rings (SSSR count). The predicted molar refractivity (Wildman–Crippen MR) is 149 cm³/mol. The Labute approximate surface area is 220 Å². The number of likely N-dealkylation sites (N-methyl/N-ethyl adjacent to an activating group) is 1. The van der Waals surface area contributed by atoms with Crippen LogP contribution in [0.15, 0.2) is 42.6 Å². The Kier molecular flexibility index (Phi) is 8.04. The molecule has 0 fully saturated rings. The van der Waals surface area contributed by atoms with E-state index in [-0.39, 0.29) is 13.9 Å². The normalized spacial score (nSPS) is 15.3. The van der Waals surface area contributed by atoms with Crippen molar-refractivity contribution in [2.24, 2.45) is 0 Å². The molecule has 1 aliphatic rings. The minimum atomic E-state index is -0.502. The smallest absolute Gasteiger partial charge is 0.256 e. The highest BCUT2D eigenvalue weighted by Crippen LogP contribution is 2.28. The highest BCUT2D eigenvalue weighted by molar-refractivity contribution is 5.99. The van der Waals surface area contributed by atoms with E-state index in [9.17, 15) is 9.90 Å². The summed E-state index contributed by atoms with van der Waals surface area (Å²) in [4.78, 5) is 28.7. The van der Waals surface area contributed by atoms with Gasteiger partial charge in [0.1, 0.15) is 17.2 Å². The third kappa shape index (κ3) is 6.23. The van der Waals surface area contributed by atoms with Crippen molar-refractivity contribution in [3.05, 3.63) is 65.0 Å². The van der Waals surface area contributed by atoms with Gasteiger partial charge in [-0.3, -0.25) is 4.79 Å². The first-order valence-electron chi connectivity index (χ1n) is 12.8. The topological polar surface area (TPSA) is 115 Å². The number of hydrogen-bond acceptors (Lipinski definition) is 8. The Hall–Kier alpha value is -3.56. The Morgan fingerprint density at radius 3 is 2.70 bits per heavy atom. The van der Waals surface area contributed by atoms with E-state index in [1.807, 2.05) is 39.0 Å². The van der Waals surface area contributed by atoms with Gasteiger partial charge in [0.05, 0.1) is 12.3 Å². The molecule has 4 N–H and O–H groups in total. The Balaban J connectivity index is 0.00000400. The summed E-state index contributed by atoms with van der Waals surface area (Å²) in [6, 6.07) is 12.5. The molecule has 9 nitrogen and oxygen atoms in total. The Morgan fingerprint density at radius 1 is 1.16 bits per heavy atom. The number of rotatable bonds is 9. The minimum Gasteiger partial charge on any atom is -0.395 e. The molecule has 9 heteroatoms. The van der Waals surface area contributed by atoms with Crippen molar-refractivity contribution in [3.63, 3.8) is 0 Å². The summed E-state index contributed by atoms with van der Waals surface area (Å²) < 4.78 is 0. The Bertz CT molecular complexity index is 1270. The van der Waals surface area contributed by atoms with Gasteiger partial charge in [0.2, 0.25) is 5.95 Å². The average molecular weight is 506 g/mol. The Morgan fingerprint density at radius 2 is 1.97 bits per heavy atom. The van der Waals surface area contributed by atoms with Crippen LogP contribution in [0.2, 0.25) is 0 Å². The van der Waals surface area contributed by atoms with Gasteiger partial charge in [-0.2, -0.15) is 4.98 Å². The number of nitrogens with zero attached hydrogens (tertiary/aromatic N) is 4. The zero-order valence-corrected chi connectivity index (χ0v) is 22.3. The number of aromatic nitrogens is 3. The van der Waals surface area contributed by atoms with Gasteiger partial charge in [0, 0.05) is 31.3 Å². The van der Waals surface area contributed by atoms with Crippen molar-refractivity contribution < 1.29 is 11.3 Å². The number of benzene rings is 1. The first kappa shape index (κ1) is 26.5. The van der Waals surface area contributed by atoms with Crippen LogP contribution in [-0.2, 0) is 18.3 Å². The van der Waals surface area contributed by atoms with E-state index < -0.39 is 5.41 Å². The molecule has 0 aliphatic heterocycles. The second-order valence-electron chi connectivity index (χ2n) is 10.4. The van der Waals surface area contributed by atoms with Crippen LogP contribution in [0.1, 0.15) is 55.8 Å². The highest BCUT2D eigenvalue weighted by Gasteiger charge is 2.23. The molecule has 0 saturated heterocycles. The molecule has 0 saturated carbocycles. The lowest BCUT2D eigenvalue weighted by molar-refractivity contribution is 0.0956. The molecule has 0 bridgehead atoms. The summed E-state index contributed by atoms with van der Waals surface area (Å²) in [7, 11) is 4.27. The van der Waals surface area contributed by atoms with Crippen molar-refractivity contribution in [1.82, 2.24) is 25.2 Å². The maximum atomic E-state index is 12.7. The number of pyridine rings is 1. The third-order valence-corrected chi connectivity index (χ3v) is 6.85. The van der Waals surface area contributed by atoms with Gasteiger partial charge < -0.3 is 26.0 Å². The zero-order chi connectivity index (χ0) is 26.6. The lowest BCUT2D eigenvalue weighted by Gasteiger charge is -2.30. The molecular weight excluding hydrogens is 466 g/mol. The van der Waals surface area contributed by atoms with E-state index in [2.05, 4.69) is 62.0 Å². The first-order valence-corrected chi connectivity index (χ1v) is 12.8. The quantitative estimate of drug-likeness (QED) is 0.344. The van der Waals surface area contributed by atoms with Crippen LogP contribution >= 0.6 is 0 Å². The molecule has 0 radical (unpaired) electrons. The van der Waals surface area contributed by atoms with Gasteiger partial charge in [-0.05, 0) is 75.7 Å². The maximum absolute atomic E-state index is 12.7. The van der Waals surface area contributed by atoms with Crippen LogP contribution in [-0.4, -0.2) is 64.2 Å². The molecule has 1 atom stereocenters. The van der Waals surface area contributed by atoms with Crippen LogP contribution in [0.4, 0.5) is 23.3 Å². The zero-order valence-electron chi connectivity index (χ0n) is 22.3. The number of nitrogens with one attached hydrogen (secondary N) is 3. The number of aliphatic hydroxyl groups is 1. The van der Waals surface area contributed by atoms with E-state index in [1.165, 1.54) is 17.3 Å². The molecule has 1 amide bonds. The molecule has 2 heterocycles. The molecule has 3 aromatic rings. The first-order chi connectivity index (χ1) is 17.7. The van der Waals surface area contributed by atoms with Crippen LogP contribution in [0.25, 0.3) is 0 Å². The lowest BCUT2D eigenvalue weighted by Crippen LogP contribution is -2.33. The predicted octanol–water partition coefficient (Wildman–Crippen LogP) is 4.04. The fourth-order valence-electron chi connectivity index (χ4n) is 4.43. The summed E-state index contributed by atoms with van der Waals surface area (Å²) in [6.45, 7) is 6.16. The number of aliphatic hydroxyl groups excluding tert-OH is 1. The van der Waals surface area contributed by atoms with Gasteiger partial charge >= 0.3 is 0 Å². The van der Waals surface area contributed by atoms with Gasteiger partial charge in [-0.1, -0.05) is 26.0 Å². The fourth-order valence-corrected chi connectivity index (χ4v) is 4.43. The molecule has 2 aromatic heterocycles. The van der Waals surface area contributed by atoms with Crippen molar-refractivity contribution in [1.29, 1.82) is 0 Å². The van der Waals surface area contributed by atoms with Gasteiger partial charge in [-0.25, -0.2) is 9.97 Å². The second-order valence-corrected chi connectivity index (χ2v) is 10.4. The van der Waals surface area contributed by atoms with E-state index in [0.29, 0.717) is 35.7 Å². The van der Waals surface area contributed by atoms with Crippen LogP contribution < -0.4 is 16.0 Å². The number of amides is 1. The third-order valence-electron chi connectivity index (χ3n) is 6.85. The average Bonchev–Trinajstić information content (AvgIpc) is 2.88.